The molecule has 2 rings (SSSR count). The molecule has 2 aromatic rings. The van der Waals surface area contributed by atoms with Crippen LogP contribution in [0.15, 0.2) is 42.5 Å². The number of hydrogen-bond acceptors (Lipinski definition) is 4. The van der Waals surface area contributed by atoms with Crippen molar-refractivity contribution in [3.63, 3.8) is 0 Å². The lowest BCUT2D eigenvalue weighted by Crippen LogP contribution is -2.00. The molecule has 0 heterocycles. The molecule has 0 fully saturated rings. The molecule has 0 N–H and O–H groups in total. The number of ether oxygens (including phenoxy) is 2. The Kier molecular flexibility index (Phi) is 5.46. The van der Waals surface area contributed by atoms with Gasteiger partial charge in [0.05, 0.1) is 12.7 Å². The first-order chi connectivity index (χ1) is 9.63. The molecule has 0 saturated carbocycles. The summed E-state index contributed by atoms with van der Waals surface area (Å²) in [6.45, 7) is 0. The number of benzene rings is 2. The van der Waals surface area contributed by atoms with Gasteiger partial charge in [-0.05, 0) is 65.1 Å². The minimum Gasteiger partial charge on any atom is -0.497 e. The summed E-state index contributed by atoms with van der Waals surface area (Å²) >= 11 is 3.65. The van der Waals surface area contributed by atoms with Crippen molar-refractivity contribution >= 4 is 51.6 Å². The summed E-state index contributed by atoms with van der Waals surface area (Å²) in [5.74, 6) is 1.76. The lowest BCUT2D eigenvalue weighted by atomic mass is 10.2. The molecule has 0 bridgehead atoms. The Bertz CT molecular complexity index is 611. The van der Waals surface area contributed by atoms with Crippen molar-refractivity contribution in [1.29, 1.82) is 0 Å². The Morgan fingerprint density at radius 2 is 1.60 bits per heavy atom. The lowest BCUT2D eigenvalue weighted by molar-refractivity contribution is 0.0799. The standard InChI is InChI=1S/C14H10I2O4/c1-18-9-2-4-10(5-3-9)19-11-6-7-12(13(15)8-11)14(17)20-16/h2-8H,1H3. The molecule has 0 saturated heterocycles. The van der Waals surface area contributed by atoms with Crippen molar-refractivity contribution in [2.75, 3.05) is 7.11 Å². The summed E-state index contributed by atoms with van der Waals surface area (Å²) < 4.78 is 16.2. The fourth-order valence-corrected chi connectivity index (χ4v) is 2.49. The van der Waals surface area contributed by atoms with Gasteiger partial charge >= 0.3 is 5.97 Å². The first-order valence-corrected chi connectivity index (χ1v) is 7.54. The van der Waals surface area contributed by atoms with Crippen LogP contribution in [-0.2, 0) is 3.07 Å². The monoisotopic (exact) mass is 496 g/mol. The van der Waals surface area contributed by atoms with Crippen LogP contribution in [0.1, 0.15) is 10.4 Å². The van der Waals surface area contributed by atoms with Crippen LogP contribution in [0.3, 0.4) is 0 Å². The maximum absolute atomic E-state index is 11.5. The Hall–Kier alpha value is -1.03. The van der Waals surface area contributed by atoms with Crippen molar-refractivity contribution in [3.05, 3.63) is 51.6 Å². The highest BCUT2D eigenvalue weighted by Gasteiger charge is 2.11. The molecular formula is C14H10I2O4. The number of rotatable bonds is 4. The van der Waals surface area contributed by atoms with Gasteiger partial charge in [-0.15, -0.1) is 0 Å². The highest BCUT2D eigenvalue weighted by molar-refractivity contribution is 14.1. The van der Waals surface area contributed by atoms with Crippen molar-refractivity contribution in [1.82, 2.24) is 0 Å². The summed E-state index contributed by atoms with van der Waals surface area (Å²) in [5, 5.41) is 0. The first-order valence-electron chi connectivity index (χ1n) is 5.58. The van der Waals surface area contributed by atoms with E-state index in [1.165, 1.54) is 0 Å². The van der Waals surface area contributed by atoms with Gasteiger partial charge in [0, 0.05) is 3.57 Å². The van der Waals surface area contributed by atoms with E-state index in [-0.39, 0.29) is 5.97 Å². The number of carbonyl (C=O) groups is 1. The van der Waals surface area contributed by atoms with Crippen LogP contribution >= 0.6 is 45.6 Å². The average Bonchev–Trinajstić information content (AvgIpc) is 2.47. The summed E-state index contributed by atoms with van der Waals surface area (Å²) in [7, 11) is 1.61. The second kappa shape index (κ2) is 7.11. The van der Waals surface area contributed by atoms with E-state index in [2.05, 4.69) is 25.7 Å². The van der Waals surface area contributed by atoms with Crippen LogP contribution in [0.25, 0.3) is 0 Å². The van der Waals surface area contributed by atoms with Crippen LogP contribution in [0.5, 0.6) is 17.2 Å². The SMILES string of the molecule is COc1ccc(Oc2ccc(C(=O)OI)c(I)c2)cc1. The second-order valence-corrected chi connectivity index (χ2v) is 5.39. The van der Waals surface area contributed by atoms with Gasteiger partial charge in [-0.25, -0.2) is 4.79 Å². The molecular weight excluding hydrogens is 486 g/mol. The largest absolute Gasteiger partial charge is 0.497 e. The molecule has 0 aromatic heterocycles. The number of carbonyl (C=O) groups excluding carboxylic acids is 1. The van der Waals surface area contributed by atoms with Crippen LogP contribution in [0.4, 0.5) is 0 Å². The zero-order chi connectivity index (χ0) is 14.5. The lowest BCUT2D eigenvalue weighted by Gasteiger charge is -2.08. The fourth-order valence-electron chi connectivity index (χ4n) is 1.55. The van der Waals surface area contributed by atoms with Crippen LogP contribution in [0.2, 0.25) is 0 Å². The zero-order valence-corrected chi connectivity index (χ0v) is 14.7. The van der Waals surface area contributed by atoms with Gasteiger partial charge in [0.15, 0.2) is 23.0 Å². The van der Waals surface area contributed by atoms with Gasteiger partial charge in [0.2, 0.25) is 0 Å². The van der Waals surface area contributed by atoms with Crippen LogP contribution in [-0.4, -0.2) is 13.1 Å². The third kappa shape index (κ3) is 3.75. The highest BCUT2D eigenvalue weighted by Crippen LogP contribution is 2.27. The van der Waals surface area contributed by atoms with Crippen molar-refractivity contribution in [2.24, 2.45) is 0 Å². The van der Waals surface area contributed by atoms with Gasteiger partial charge in [-0.2, -0.15) is 0 Å². The molecule has 0 aliphatic heterocycles. The van der Waals surface area contributed by atoms with Crippen LogP contribution in [0, 0.1) is 3.57 Å². The zero-order valence-electron chi connectivity index (χ0n) is 10.4. The van der Waals surface area contributed by atoms with E-state index in [1.54, 1.807) is 48.3 Å². The van der Waals surface area contributed by atoms with Gasteiger partial charge in [0.25, 0.3) is 0 Å². The van der Waals surface area contributed by atoms with Crippen molar-refractivity contribution in [2.45, 2.75) is 0 Å². The topological polar surface area (TPSA) is 44.8 Å². The highest BCUT2D eigenvalue weighted by atomic mass is 127. The van der Waals surface area contributed by atoms with E-state index in [9.17, 15) is 4.79 Å². The van der Waals surface area contributed by atoms with Gasteiger partial charge < -0.3 is 12.5 Å². The van der Waals surface area contributed by atoms with Gasteiger partial charge in [0.1, 0.15) is 17.2 Å². The maximum Gasteiger partial charge on any atom is 0.348 e. The smallest absolute Gasteiger partial charge is 0.348 e. The van der Waals surface area contributed by atoms with E-state index >= 15 is 0 Å². The quantitative estimate of drug-likeness (QED) is 0.581. The minimum atomic E-state index is -0.369. The molecule has 2 aromatic carbocycles. The van der Waals surface area contributed by atoms with Crippen molar-refractivity contribution < 1.29 is 17.3 Å². The third-order valence-electron chi connectivity index (χ3n) is 2.53. The Labute approximate surface area is 144 Å². The fraction of sp³-hybridized carbons (Fsp3) is 0.0714. The molecule has 0 radical (unpaired) electrons. The van der Waals surface area contributed by atoms with E-state index in [0.717, 1.165) is 9.32 Å². The Morgan fingerprint density at radius 1 is 1.00 bits per heavy atom. The minimum absolute atomic E-state index is 0.369. The first kappa shape index (κ1) is 15.4. The van der Waals surface area contributed by atoms with Gasteiger partial charge in [-0.3, -0.25) is 0 Å². The normalized spacial score (nSPS) is 9.95. The molecule has 0 aliphatic rings. The summed E-state index contributed by atoms with van der Waals surface area (Å²) in [4.78, 5) is 11.5. The molecule has 4 nitrogen and oxygen atoms in total. The molecule has 0 atom stereocenters. The Balaban J connectivity index is 2.17. The molecule has 0 unspecified atom stereocenters. The van der Waals surface area contributed by atoms with E-state index in [1.807, 2.05) is 24.3 Å². The number of hydrogen-bond donors (Lipinski definition) is 0. The number of halogens is 2. The van der Waals surface area contributed by atoms with E-state index < -0.39 is 0 Å². The summed E-state index contributed by atoms with van der Waals surface area (Å²) in [6, 6.07) is 12.5. The van der Waals surface area contributed by atoms with E-state index in [4.69, 9.17) is 9.47 Å². The van der Waals surface area contributed by atoms with E-state index in [0.29, 0.717) is 17.1 Å². The molecule has 6 heteroatoms. The third-order valence-corrected chi connectivity index (χ3v) is 3.82. The average molecular weight is 496 g/mol. The second-order valence-electron chi connectivity index (χ2n) is 3.78. The summed E-state index contributed by atoms with van der Waals surface area (Å²) in [5.41, 5.74) is 0.516. The predicted molar refractivity (Wildman–Crippen MR) is 91.7 cm³/mol. The molecule has 20 heavy (non-hydrogen) atoms. The number of methoxy groups -OCH3 is 1. The maximum atomic E-state index is 11.5. The molecule has 104 valence electrons. The molecule has 0 amide bonds. The van der Waals surface area contributed by atoms with Gasteiger partial charge in [-0.1, -0.05) is 0 Å². The summed E-state index contributed by atoms with van der Waals surface area (Å²) in [6.07, 6.45) is 0. The van der Waals surface area contributed by atoms with Crippen LogP contribution < -0.4 is 9.47 Å². The molecule has 0 aliphatic carbocycles. The molecule has 0 spiro atoms. The van der Waals surface area contributed by atoms with Crippen molar-refractivity contribution in [3.8, 4) is 17.2 Å². The predicted octanol–water partition coefficient (Wildman–Crippen LogP) is 4.60. The Morgan fingerprint density at radius 3 is 2.15 bits per heavy atom.